The van der Waals surface area contributed by atoms with Crippen LogP contribution in [-0.2, 0) is 11.2 Å². The zero-order chi connectivity index (χ0) is 17.2. The Morgan fingerprint density at radius 1 is 1.21 bits per heavy atom. The molecular formula is C20H31NO2S. The number of carbonyl (C=O) groups is 1. The van der Waals surface area contributed by atoms with Gasteiger partial charge in [-0.25, -0.2) is 0 Å². The van der Waals surface area contributed by atoms with Crippen LogP contribution < -0.4 is 10.1 Å². The Balaban J connectivity index is 1.69. The van der Waals surface area contributed by atoms with E-state index in [1.807, 2.05) is 30.8 Å². The van der Waals surface area contributed by atoms with Gasteiger partial charge in [-0.15, -0.1) is 0 Å². The summed E-state index contributed by atoms with van der Waals surface area (Å²) in [5, 5.41) is 3.83. The average molecular weight is 350 g/mol. The lowest BCUT2D eigenvalue weighted by atomic mass is 10.0. The van der Waals surface area contributed by atoms with Crippen molar-refractivity contribution in [2.24, 2.45) is 0 Å². The number of amides is 1. The van der Waals surface area contributed by atoms with Gasteiger partial charge in [0.05, 0.1) is 0 Å². The molecule has 1 aromatic carbocycles. The Bertz CT molecular complexity index is 483. The van der Waals surface area contributed by atoms with Gasteiger partial charge < -0.3 is 10.1 Å². The third-order valence-electron chi connectivity index (χ3n) is 4.58. The van der Waals surface area contributed by atoms with E-state index in [1.165, 1.54) is 37.7 Å². The molecule has 2 rings (SSSR count). The number of carbonyl (C=O) groups excluding carboxylic acids is 1. The smallest absolute Gasteiger partial charge is 0.261 e. The quantitative estimate of drug-likeness (QED) is 0.663. The normalized spacial score (nSPS) is 16.6. The molecule has 1 N–H and O–H groups in total. The van der Waals surface area contributed by atoms with Crippen LogP contribution in [-0.4, -0.2) is 29.6 Å². The second-order valence-electron chi connectivity index (χ2n) is 6.43. The third kappa shape index (κ3) is 6.39. The Kier molecular flexibility index (Phi) is 8.51. The summed E-state index contributed by atoms with van der Waals surface area (Å²) < 4.78 is 5.85. The molecular weight excluding hydrogens is 318 g/mol. The van der Waals surface area contributed by atoms with Crippen molar-refractivity contribution in [2.75, 3.05) is 12.3 Å². The highest BCUT2D eigenvalue weighted by Crippen LogP contribution is 2.27. The SMILES string of the molecule is CCc1ccc(O[C@H](CC)C(=O)NCCSC2CCCCC2)cc1. The maximum atomic E-state index is 12.3. The van der Waals surface area contributed by atoms with Gasteiger partial charge in [0.2, 0.25) is 0 Å². The number of aryl methyl sites for hydroxylation is 1. The Morgan fingerprint density at radius 3 is 2.54 bits per heavy atom. The molecule has 1 saturated carbocycles. The Labute approximate surface area is 150 Å². The molecule has 4 heteroatoms. The van der Waals surface area contributed by atoms with E-state index in [2.05, 4.69) is 24.4 Å². The number of rotatable bonds is 9. The second kappa shape index (κ2) is 10.7. The van der Waals surface area contributed by atoms with Gasteiger partial charge in [-0.1, -0.05) is 45.2 Å². The summed E-state index contributed by atoms with van der Waals surface area (Å²) in [6.45, 7) is 4.85. The first-order valence-electron chi connectivity index (χ1n) is 9.37. The zero-order valence-electron chi connectivity index (χ0n) is 15.1. The van der Waals surface area contributed by atoms with E-state index in [0.717, 1.165) is 29.7 Å². The zero-order valence-corrected chi connectivity index (χ0v) is 15.9. The molecule has 3 nitrogen and oxygen atoms in total. The Morgan fingerprint density at radius 2 is 1.92 bits per heavy atom. The molecule has 134 valence electrons. The van der Waals surface area contributed by atoms with E-state index >= 15 is 0 Å². The molecule has 1 aromatic rings. The van der Waals surface area contributed by atoms with Crippen LogP contribution in [0.4, 0.5) is 0 Å². The maximum Gasteiger partial charge on any atom is 0.261 e. The highest BCUT2D eigenvalue weighted by Gasteiger charge is 2.18. The predicted octanol–water partition coefficient (Wildman–Crippen LogP) is 4.59. The highest BCUT2D eigenvalue weighted by molar-refractivity contribution is 7.99. The highest BCUT2D eigenvalue weighted by atomic mass is 32.2. The molecule has 0 saturated heterocycles. The van der Waals surface area contributed by atoms with Crippen molar-refractivity contribution in [3.05, 3.63) is 29.8 Å². The van der Waals surface area contributed by atoms with Crippen LogP contribution in [0.5, 0.6) is 5.75 Å². The first-order valence-corrected chi connectivity index (χ1v) is 10.4. The van der Waals surface area contributed by atoms with E-state index in [1.54, 1.807) is 0 Å². The molecule has 1 atom stereocenters. The molecule has 0 heterocycles. The van der Waals surface area contributed by atoms with E-state index in [4.69, 9.17) is 4.74 Å². The number of thioether (sulfide) groups is 1. The van der Waals surface area contributed by atoms with Gasteiger partial charge in [0, 0.05) is 17.5 Å². The topological polar surface area (TPSA) is 38.3 Å². The molecule has 0 spiro atoms. The van der Waals surface area contributed by atoms with Gasteiger partial charge in [-0.3, -0.25) is 4.79 Å². The first kappa shape index (κ1) is 19.2. The molecule has 0 radical (unpaired) electrons. The van der Waals surface area contributed by atoms with Gasteiger partial charge in [0.25, 0.3) is 5.91 Å². The molecule has 0 bridgehead atoms. The van der Waals surface area contributed by atoms with Crippen molar-refractivity contribution in [1.82, 2.24) is 5.32 Å². The largest absolute Gasteiger partial charge is 0.481 e. The van der Waals surface area contributed by atoms with Crippen LogP contribution in [0.3, 0.4) is 0 Å². The van der Waals surface area contributed by atoms with E-state index in [9.17, 15) is 4.79 Å². The Hall–Kier alpha value is -1.16. The van der Waals surface area contributed by atoms with Crippen molar-refractivity contribution in [1.29, 1.82) is 0 Å². The van der Waals surface area contributed by atoms with E-state index < -0.39 is 6.10 Å². The lowest BCUT2D eigenvalue weighted by Gasteiger charge is -2.21. The molecule has 0 aliphatic heterocycles. The standard InChI is InChI=1S/C20H31NO2S/c1-3-16-10-12-17(13-11-16)23-19(4-2)20(22)21-14-15-24-18-8-6-5-7-9-18/h10-13,18-19H,3-9,14-15H2,1-2H3,(H,21,22)/t19-/m1/s1. The summed E-state index contributed by atoms with van der Waals surface area (Å²) in [5.74, 6) is 1.77. The molecule has 1 aliphatic rings. The van der Waals surface area contributed by atoms with Gasteiger partial charge in [0.15, 0.2) is 6.10 Å². The van der Waals surface area contributed by atoms with Crippen LogP contribution in [0, 0.1) is 0 Å². The fourth-order valence-electron chi connectivity index (χ4n) is 3.04. The molecule has 0 unspecified atom stereocenters. The van der Waals surface area contributed by atoms with Crippen molar-refractivity contribution in [2.45, 2.75) is 70.1 Å². The lowest BCUT2D eigenvalue weighted by molar-refractivity contribution is -0.127. The number of benzene rings is 1. The number of hydrogen-bond acceptors (Lipinski definition) is 3. The van der Waals surface area contributed by atoms with Crippen molar-refractivity contribution in [3.63, 3.8) is 0 Å². The van der Waals surface area contributed by atoms with Crippen LogP contribution >= 0.6 is 11.8 Å². The minimum atomic E-state index is -0.405. The summed E-state index contributed by atoms with van der Waals surface area (Å²) in [6, 6.07) is 8.02. The van der Waals surface area contributed by atoms with Crippen molar-refractivity contribution in [3.8, 4) is 5.75 Å². The fraction of sp³-hybridized carbons (Fsp3) is 0.650. The number of ether oxygens (including phenoxy) is 1. The molecule has 1 aliphatic carbocycles. The third-order valence-corrected chi connectivity index (χ3v) is 5.96. The minimum Gasteiger partial charge on any atom is -0.481 e. The summed E-state index contributed by atoms with van der Waals surface area (Å²) in [5.41, 5.74) is 1.28. The van der Waals surface area contributed by atoms with Crippen LogP contribution in [0.15, 0.2) is 24.3 Å². The van der Waals surface area contributed by atoms with Crippen molar-refractivity contribution >= 4 is 17.7 Å². The van der Waals surface area contributed by atoms with Gasteiger partial charge in [-0.05, 0) is 43.4 Å². The first-order chi connectivity index (χ1) is 11.7. The molecule has 1 amide bonds. The molecule has 1 fully saturated rings. The number of hydrogen-bond donors (Lipinski definition) is 1. The minimum absolute atomic E-state index is 0.00122. The van der Waals surface area contributed by atoms with Gasteiger partial charge >= 0.3 is 0 Å². The summed E-state index contributed by atoms with van der Waals surface area (Å²) in [6.07, 6.45) is 8.09. The maximum absolute atomic E-state index is 12.3. The van der Waals surface area contributed by atoms with E-state index in [-0.39, 0.29) is 5.91 Å². The fourth-order valence-corrected chi connectivity index (χ4v) is 4.26. The van der Waals surface area contributed by atoms with Gasteiger partial charge in [0.1, 0.15) is 5.75 Å². The molecule has 0 aromatic heterocycles. The average Bonchev–Trinajstić information content (AvgIpc) is 2.64. The summed E-state index contributed by atoms with van der Waals surface area (Å²) >= 11 is 2.01. The predicted molar refractivity (Wildman–Crippen MR) is 103 cm³/mol. The second-order valence-corrected chi connectivity index (χ2v) is 7.84. The number of nitrogens with one attached hydrogen (secondary N) is 1. The summed E-state index contributed by atoms with van der Waals surface area (Å²) in [4.78, 5) is 12.3. The van der Waals surface area contributed by atoms with Crippen molar-refractivity contribution < 1.29 is 9.53 Å². The molecule has 24 heavy (non-hydrogen) atoms. The van der Waals surface area contributed by atoms with Crippen LogP contribution in [0.2, 0.25) is 0 Å². The van der Waals surface area contributed by atoms with Crippen LogP contribution in [0.1, 0.15) is 57.9 Å². The van der Waals surface area contributed by atoms with Crippen LogP contribution in [0.25, 0.3) is 0 Å². The monoisotopic (exact) mass is 349 g/mol. The summed E-state index contributed by atoms with van der Waals surface area (Å²) in [7, 11) is 0. The van der Waals surface area contributed by atoms with E-state index in [0.29, 0.717) is 6.42 Å². The van der Waals surface area contributed by atoms with Gasteiger partial charge in [-0.2, -0.15) is 11.8 Å². The lowest BCUT2D eigenvalue weighted by Crippen LogP contribution is -2.39.